The molecule has 2 aromatic rings. The third kappa shape index (κ3) is 4.11. The Balaban J connectivity index is 2.31. The molecular formula is C17H19FN2O3S. The van der Waals surface area contributed by atoms with Gasteiger partial charge >= 0.3 is 0 Å². The quantitative estimate of drug-likeness (QED) is 0.902. The molecule has 0 aromatic heterocycles. The Morgan fingerprint density at radius 2 is 1.71 bits per heavy atom. The minimum atomic E-state index is -3.73. The Morgan fingerprint density at radius 1 is 1.12 bits per heavy atom. The Bertz CT molecular complexity index is 835. The molecule has 0 saturated heterocycles. The van der Waals surface area contributed by atoms with Crippen molar-refractivity contribution in [1.29, 1.82) is 0 Å². The van der Waals surface area contributed by atoms with Crippen molar-refractivity contribution in [3.05, 3.63) is 59.9 Å². The normalized spacial score (nSPS) is 12.5. The Morgan fingerprint density at radius 3 is 2.25 bits per heavy atom. The first kappa shape index (κ1) is 17.9. The molecule has 24 heavy (non-hydrogen) atoms. The van der Waals surface area contributed by atoms with Crippen LogP contribution in [0.4, 0.5) is 15.8 Å². The van der Waals surface area contributed by atoms with Crippen LogP contribution in [0.5, 0.6) is 0 Å². The predicted octanol–water partition coefficient (Wildman–Crippen LogP) is 2.93. The number of nitrogens with zero attached hydrogens (tertiary/aromatic N) is 1. The second-order valence-corrected chi connectivity index (χ2v) is 7.37. The molecule has 0 saturated carbocycles. The largest absolute Gasteiger partial charge is 0.324 e. The van der Waals surface area contributed by atoms with E-state index in [0.717, 1.165) is 28.3 Å². The molecule has 0 radical (unpaired) electrons. The van der Waals surface area contributed by atoms with Gasteiger partial charge in [-0.25, -0.2) is 12.8 Å². The van der Waals surface area contributed by atoms with E-state index in [2.05, 4.69) is 5.32 Å². The van der Waals surface area contributed by atoms with Crippen LogP contribution in [0.1, 0.15) is 12.5 Å². The molecule has 0 aliphatic carbocycles. The number of aryl methyl sites for hydroxylation is 1. The highest BCUT2D eigenvalue weighted by Crippen LogP contribution is 2.22. The zero-order valence-corrected chi connectivity index (χ0v) is 14.5. The van der Waals surface area contributed by atoms with Gasteiger partial charge in [0.1, 0.15) is 11.9 Å². The van der Waals surface area contributed by atoms with Crippen molar-refractivity contribution in [2.45, 2.75) is 19.9 Å². The second kappa shape index (κ2) is 7.00. The van der Waals surface area contributed by atoms with Gasteiger partial charge in [-0.3, -0.25) is 9.10 Å². The molecule has 1 unspecified atom stereocenters. The van der Waals surface area contributed by atoms with Crippen molar-refractivity contribution in [3.63, 3.8) is 0 Å². The van der Waals surface area contributed by atoms with Gasteiger partial charge in [0, 0.05) is 5.69 Å². The van der Waals surface area contributed by atoms with Crippen LogP contribution in [0.2, 0.25) is 0 Å². The molecule has 0 heterocycles. The third-order valence-electron chi connectivity index (χ3n) is 3.57. The molecule has 0 bridgehead atoms. The van der Waals surface area contributed by atoms with Crippen LogP contribution < -0.4 is 9.62 Å². The number of anilines is 2. The highest BCUT2D eigenvalue weighted by atomic mass is 32.2. The van der Waals surface area contributed by atoms with Gasteiger partial charge < -0.3 is 5.32 Å². The van der Waals surface area contributed by atoms with Gasteiger partial charge in [0.2, 0.25) is 15.9 Å². The van der Waals surface area contributed by atoms with Gasteiger partial charge in [0.05, 0.1) is 11.9 Å². The van der Waals surface area contributed by atoms with E-state index in [1.165, 1.54) is 19.1 Å². The van der Waals surface area contributed by atoms with Gasteiger partial charge in [-0.2, -0.15) is 0 Å². The lowest BCUT2D eigenvalue weighted by molar-refractivity contribution is -0.116. The van der Waals surface area contributed by atoms with Crippen LogP contribution in [0.3, 0.4) is 0 Å². The molecule has 0 aliphatic heterocycles. The van der Waals surface area contributed by atoms with E-state index in [4.69, 9.17) is 0 Å². The summed E-state index contributed by atoms with van der Waals surface area (Å²) >= 11 is 0. The second-order valence-electron chi connectivity index (χ2n) is 5.52. The first-order valence-electron chi connectivity index (χ1n) is 7.31. The van der Waals surface area contributed by atoms with E-state index in [1.807, 2.05) is 19.1 Å². The summed E-state index contributed by atoms with van der Waals surface area (Å²) in [6.07, 6.45) is 1.01. The van der Waals surface area contributed by atoms with Gasteiger partial charge in [-0.15, -0.1) is 0 Å². The maximum Gasteiger partial charge on any atom is 0.248 e. The van der Waals surface area contributed by atoms with Crippen molar-refractivity contribution >= 4 is 27.3 Å². The summed E-state index contributed by atoms with van der Waals surface area (Å²) < 4.78 is 38.3. The molecule has 1 atom stereocenters. The average molecular weight is 350 g/mol. The standard InChI is InChI=1S/C17H19FN2O3S/c1-12-6-4-5-7-16(12)19-17(21)13(2)20(24(3,22)23)15-10-8-14(18)9-11-15/h4-11,13H,1-3H3,(H,19,21). The number of amides is 1. The van der Waals surface area contributed by atoms with E-state index in [9.17, 15) is 17.6 Å². The fourth-order valence-electron chi connectivity index (χ4n) is 2.35. The Kier molecular flexibility index (Phi) is 5.23. The van der Waals surface area contributed by atoms with E-state index in [0.29, 0.717) is 5.69 Å². The molecule has 0 aliphatic rings. The van der Waals surface area contributed by atoms with Crippen molar-refractivity contribution in [2.24, 2.45) is 0 Å². The van der Waals surface area contributed by atoms with E-state index >= 15 is 0 Å². The van der Waals surface area contributed by atoms with Crippen molar-refractivity contribution < 1.29 is 17.6 Å². The van der Waals surface area contributed by atoms with Crippen LogP contribution in [-0.2, 0) is 14.8 Å². The maximum atomic E-state index is 13.1. The number of carbonyl (C=O) groups is 1. The summed E-state index contributed by atoms with van der Waals surface area (Å²) in [5.41, 5.74) is 1.71. The molecule has 1 N–H and O–H groups in total. The Labute approximate surface area is 141 Å². The van der Waals surface area contributed by atoms with Crippen LogP contribution in [0.15, 0.2) is 48.5 Å². The molecule has 2 rings (SSSR count). The lowest BCUT2D eigenvalue weighted by Crippen LogP contribution is -2.45. The third-order valence-corrected chi connectivity index (χ3v) is 4.81. The summed E-state index contributed by atoms with van der Waals surface area (Å²) in [6, 6.07) is 11.2. The van der Waals surface area contributed by atoms with E-state index < -0.39 is 27.8 Å². The van der Waals surface area contributed by atoms with Gasteiger partial charge in [-0.05, 0) is 49.7 Å². The van der Waals surface area contributed by atoms with E-state index in [1.54, 1.807) is 12.1 Å². The molecular weight excluding hydrogens is 331 g/mol. The molecule has 0 spiro atoms. The minimum absolute atomic E-state index is 0.228. The van der Waals surface area contributed by atoms with Crippen LogP contribution in [-0.4, -0.2) is 26.6 Å². The summed E-state index contributed by atoms with van der Waals surface area (Å²) in [5.74, 6) is -0.955. The number of rotatable bonds is 5. The van der Waals surface area contributed by atoms with Gasteiger partial charge in [0.25, 0.3) is 0 Å². The summed E-state index contributed by atoms with van der Waals surface area (Å²) in [6.45, 7) is 3.33. The van der Waals surface area contributed by atoms with Crippen LogP contribution in [0, 0.1) is 12.7 Å². The number of hydrogen-bond acceptors (Lipinski definition) is 3. The minimum Gasteiger partial charge on any atom is -0.324 e. The van der Waals surface area contributed by atoms with Crippen molar-refractivity contribution in [3.8, 4) is 0 Å². The summed E-state index contributed by atoms with van der Waals surface area (Å²) in [7, 11) is -3.73. The van der Waals surface area contributed by atoms with Crippen LogP contribution >= 0.6 is 0 Å². The topological polar surface area (TPSA) is 66.5 Å². The van der Waals surface area contributed by atoms with Crippen molar-refractivity contribution in [2.75, 3.05) is 15.9 Å². The van der Waals surface area contributed by atoms with Gasteiger partial charge in [-0.1, -0.05) is 18.2 Å². The lowest BCUT2D eigenvalue weighted by Gasteiger charge is -2.28. The van der Waals surface area contributed by atoms with Gasteiger partial charge in [0.15, 0.2) is 0 Å². The zero-order valence-electron chi connectivity index (χ0n) is 13.7. The highest BCUT2D eigenvalue weighted by Gasteiger charge is 2.29. The summed E-state index contributed by atoms with van der Waals surface area (Å²) in [4.78, 5) is 12.5. The number of hydrogen-bond donors (Lipinski definition) is 1. The monoisotopic (exact) mass is 350 g/mol. The molecule has 0 fully saturated rings. The lowest BCUT2D eigenvalue weighted by atomic mass is 10.2. The fourth-order valence-corrected chi connectivity index (χ4v) is 3.52. The maximum absolute atomic E-state index is 13.1. The SMILES string of the molecule is Cc1ccccc1NC(=O)C(C)N(c1ccc(F)cc1)S(C)(=O)=O. The predicted molar refractivity (Wildman–Crippen MR) is 93.0 cm³/mol. The zero-order chi connectivity index (χ0) is 17.9. The van der Waals surface area contributed by atoms with Crippen molar-refractivity contribution in [1.82, 2.24) is 0 Å². The number of para-hydroxylation sites is 1. The van der Waals surface area contributed by atoms with Crippen LogP contribution in [0.25, 0.3) is 0 Å². The molecule has 5 nitrogen and oxygen atoms in total. The average Bonchev–Trinajstić information content (AvgIpc) is 2.50. The highest BCUT2D eigenvalue weighted by molar-refractivity contribution is 7.92. The number of nitrogens with one attached hydrogen (secondary N) is 1. The molecule has 128 valence electrons. The number of carbonyl (C=O) groups excluding carboxylic acids is 1. The number of benzene rings is 2. The smallest absolute Gasteiger partial charge is 0.248 e. The summed E-state index contributed by atoms with van der Waals surface area (Å²) in [5, 5.41) is 2.72. The number of sulfonamides is 1. The molecule has 1 amide bonds. The number of halogens is 1. The molecule has 2 aromatic carbocycles. The van der Waals surface area contributed by atoms with E-state index in [-0.39, 0.29) is 5.69 Å². The first-order chi connectivity index (χ1) is 11.2. The fraction of sp³-hybridized carbons (Fsp3) is 0.235. The molecule has 7 heteroatoms. The first-order valence-corrected chi connectivity index (χ1v) is 9.16. The Hall–Kier alpha value is -2.41.